The van der Waals surface area contributed by atoms with Crippen LogP contribution in [0.4, 0.5) is 0 Å². The van der Waals surface area contributed by atoms with Crippen molar-refractivity contribution in [2.24, 2.45) is 0 Å². The van der Waals surface area contributed by atoms with Crippen molar-refractivity contribution in [3.63, 3.8) is 0 Å². The van der Waals surface area contributed by atoms with Gasteiger partial charge in [0, 0.05) is 6.08 Å². The lowest BCUT2D eigenvalue weighted by molar-refractivity contribution is -0.136. The van der Waals surface area contributed by atoms with Gasteiger partial charge in [-0.15, -0.1) is 0 Å². The maximum Gasteiger partial charge on any atom is 0.330 e. The number of carbonyl (C=O) groups is 1. The number of carbonyl (C=O) groups excluding carboxylic acids is 1. The third-order valence-corrected chi connectivity index (χ3v) is 1.14. The molecule has 0 N–H and O–H groups in total. The lowest BCUT2D eigenvalue weighted by Crippen LogP contribution is -2.02. The summed E-state index contributed by atoms with van der Waals surface area (Å²) in [5, 5.41) is 0. The Balaban J connectivity index is 3.96. The van der Waals surface area contributed by atoms with Gasteiger partial charge in [0.1, 0.15) is 6.61 Å². The molecule has 0 aliphatic heterocycles. The topological polar surface area (TPSA) is 26.3 Å². The second-order valence-corrected chi connectivity index (χ2v) is 1.99. The standard InChI is InChI=1S/C10H12O2/c1-4-7-9(5-2)8-12-10(11)6-3/h4-7H,1-3,8H2/b9-7+. The van der Waals surface area contributed by atoms with Gasteiger partial charge in [0.15, 0.2) is 0 Å². The van der Waals surface area contributed by atoms with Crippen LogP contribution in [0.15, 0.2) is 49.6 Å². The molecular weight excluding hydrogens is 152 g/mol. The van der Waals surface area contributed by atoms with E-state index in [4.69, 9.17) is 4.74 Å². The molecule has 0 rings (SSSR count). The van der Waals surface area contributed by atoms with E-state index in [-0.39, 0.29) is 6.61 Å². The molecular formula is C10H12O2. The Kier molecular flexibility index (Phi) is 5.35. The van der Waals surface area contributed by atoms with Crippen LogP contribution in [0.25, 0.3) is 0 Å². The van der Waals surface area contributed by atoms with Crippen LogP contribution in [0.1, 0.15) is 0 Å². The van der Waals surface area contributed by atoms with Gasteiger partial charge in [0.2, 0.25) is 0 Å². The molecule has 0 bridgehead atoms. The van der Waals surface area contributed by atoms with Gasteiger partial charge in [-0.3, -0.25) is 0 Å². The van der Waals surface area contributed by atoms with Crippen molar-refractivity contribution in [3.05, 3.63) is 49.6 Å². The minimum Gasteiger partial charge on any atom is -0.458 e. The van der Waals surface area contributed by atoms with E-state index >= 15 is 0 Å². The van der Waals surface area contributed by atoms with Gasteiger partial charge in [0.25, 0.3) is 0 Å². The number of esters is 1. The highest BCUT2D eigenvalue weighted by atomic mass is 16.5. The largest absolute Gasteiger partial charge is 0.458 e. The van der Waals surface area contributed by atoms with Crippen LogP contribution in [-0.4, -0.2) is 12.6 Å². The van der Waals surface area contributed by atoms with E-state index in [1.165, 1.54) is 0 Å². The van der Waals surface area contributed by atoms with E-state index in [0.717, 1.165) is 11.6 Å². The van der Waals surface area contributed by atoms with Crippen LogP contribution in [0.5, 0.6) is 0 Å². The summed E-state index contributed by atoms with van der Waals surface area (Å²) in [4.78, 5) is 10.6. The molecule has 0 aromatic heterocycles. The lowest BCUT2D eigenvalue weighted by atomic mass is 10.2. The first kappa shape index (κ1) is 10.4. The van der Waals surface area contributed by atoms with E-state index in [1.54, 1.807) is 18.2 Å². The molecule has 0 aromatic rings. The molecule has 0 radical (unpaired) electrons. The van der Waals surface area contributed by atoms with Gasteiger partial charge in [-0.05, 0) is 5.57 Å². The van der Waals surface area contributed by atoms with Crippen molar-refractivity contribution in [3.8, 4) is 0 Å². The van der Waals surface area contributed by atoms with E-state index in [1.807, 2.05) is 0 Å². The van der Waals surface area contributed by atoms with E-state index < -0.39 is 5.97 Å². The fraction of sp³-hybridized carbons (Fsp3) is 0.100. The molecule has 2 heteroatoms. The van der Waals surface area contributed by atoms with E-state index in [0.29, 0.717) is 0 Å². The Bertz CT molecular complexity index is 224. The molecule has 64 valence electrons. The molecule has 2 nitrogen and oxygen atoms in total. The number of hydrogen-bond acceptors (Lipinski definition) is 2. The first-order valence-corrected chi connectivity index (χ1v) is 3.47. The van der Waals surface area contributed by atoms with E-state index in [2.05, 4.69) is 19.7 Å². The molecule has 0 atom stereocenters. The van der Waals surface area contributed by atoms with Gasteiger partial charge >= 0.3 is 5.97 Å². The molecule has 0 unspecified atom stereocenters. The normalized spacial score (nSPS) is 10.2. The third kappa shape index (κ3) is 4.28. The molecule has 0 amide bonds. The molecule has 0 aromatic carbocycles. The van der Waals surface area contributed by atoms with Crippen molar-refractivity contribution < 1.29 is 9.53 Å². The zero-order valence-corrected chi connectivity index (χ0v) is 6.95. The lowest BCUT2D eigenvalue weighted by Gasteiger charge is -2.00. The van der Waals surface area contributed by atoms with Crippen molar-refractivity contribution in [2.75, 3.05) is 6.61 Å². The average molecular weight is 164 g/mol. The molecule has 0 saturated heterocycles. The fourth-order valence-electron chi connectivity index (χ4n) is 0.540. The van der Waals surface area contributed by atoms with Crippen LogP contribution in [0.2, 0.25) is 0 Å². The quantitative estimate of drug-likeness (QED) is 0.353. The maximum atomic E-state index is 10.6. The summed E-state index contributed by atoms with van der Waals surface area (Å²) in [6, 6.07) is 0. The number of allylic oxidation sites excluding steroid dienone is 2. The summed E-state index contributed by atoms with van der Waals surface area (Å²) < 4.78 is 4.75. The average Bonchev–Trinajstić information content (AvgIpc) is 2.11. The first-order valence-electron chi connectivity index (χ1n) is 3.47. The minimum atomic E-state index is -0.438. The van der Waals surface area contributed by atoms with Crippen LogP contribution in [0, 0.1) is 0 Å². The third-order valence-electron chi connectivity index (χ3n) is 1.14. The van der Waals surface area contributed by atoms with Gasteiger partial charge in [-0.2, -0.15) is 0 Å². The van der Waals surface area contributed by atoms with Crippen molar-refractivity contribution in [1.29, 1.82) is 0 Å². The Labute approximate surface area is 72.5 Å². The monoisotopic (exact) mass is 164 g/mol. The highest BCUT2D eigenvalue weighted by molar-refractivity contribution is 5.81. The fourth-order valence-corrected chi connectivity index (χ4v) is 0.540. The summed E-state index contributed by atoms with van der Waals surface area (Å²) in [7, 11) is 0. The molecule has 0 aliphatic rings. The van der Waals surface area contributed by atoms with Crippen LogP contribution >= 0.6 is 0 Å². The molecule has 0 fully saturated rings. The Morgan fingerprint density at radius 2 is 1.92 bits per heavy atom. The predicted molar refractivity (Wildman–Crippen MR) is 49.6 cm³/mol. The number of ether oxygens (including phenoxy) is 1. The Morgan fingerprint density at radius 1 is 1.25 bits per heavy atom. The summed E-state index contributed by atoms with van der Waals surface area (Å²) in [6.45, 7) is 10.5. The maximum absolute atomic E-state index is 10.6. The zero-order valence-electron chi connectivity index (χ0n) is 6.95. The second-order valence-electron chi connectivity index (χ2n) is 1.99. The van der Waals surface area contributed by atoms with Crippen LogP contribution < -0.4 is 0 Å². The summed E-state index contributed by atoms with van der Waals surface area (Å²) in [6.07, 6.45) is 6.06. The number of hydrogen-bond donors (Lipinski definition) is 0. The van der Waals surface area contributed by atoms with Gasteiger partial charge in [-0.25, -0.2) is 4.79 Å². The second kappa shape index (κ2) is 6.16. The summed E-state index contributed by atoms with van der Waals surface area (Å²) in [5.74, 6) is -0.438. The van der Waals surface area contributed by atoms with Crippen molar-refractivity contribution >= 4 is 5.97 Å². The van der Waals surface area contributed by atoms with E-state index in [9.17, 15) is 4.79 Å². The molecule has 0 saturated carbocycles. The summed E-state index contributed by atoms with van der Waals surface area (Å²) in [5.41, 5.74) is 0.806. The van der Waals surface area contributed by atoms with Crippen LogP contribution in [0.3, 0.4) is 0 Å². The highest BCUT2D eigenvalue weighted by Crippen LogP contribution is 1.97. The van der Waals surface area contributed by atoms with Crippen molar-refractivity contribution in [2.45, 2.75) is 0 Å². The Morgan fingerprint density at radius 3 is 2.33 bits per heavy atom. The van der Waals surface area contributed by atoms with Crippen molar-refractivity contribution in [1.82, 2.24) is 0 Å². The molecule has 0 heterocycles. The molecule has 0 spiro atoms. The van der Waals surface area contributed by atoms with Gasteiger partial charge in [0.05, 0.1) is 0 Å². The highest BCUT2D eigenvalue weighted by Gasteiger charge is 1.95. The van der Waals surface area contributed by atoms with Gasteiger partial charge < -0.3 is 4.74 Å². The van der Waals surface area contributed by atoms with Crippen LogP contribution in [-0.2, 0) is 9.53 Å². The summed E-state index contributed by atoms with van der Waals surface area (Å²) >= 11 is 0. The molecule has 0 aliphatic carbocycles. The smallest absolute Gasteiger partial charge is 0.330 e. The Hall–Kier alpha value is -1.57. The van der Waals surface area contributed by atoms with Gasteiger partial charge in [-0.1, -0.05) is 38.0 Å². The predicted octanol–water partition coefficient (Wildman–Crippen LogP) is 2.01. The first-order chi connectivity index (χ1) is 5.74. The number of rotatable bonds is 5. The zero-order chi connectivity index (χ0) is 9.40. The molecule has 12 heavy (non-hydrogen) atoms. The SMILES string of the molecule is C=C/C=C(\C=C)COC(=O)C=C. The minimum absolute atomic E-state index is 0.209.